The number of hydrogen-bond donors (Lipinski definition) is 1. The summed E-state index contributed by atoms with van der Waals surface area (Å²) in [4.78, 5) is 19.3. The molecule has 0 fully saturated rings. The molecule has 2 aliphatic rings. The van der Waals surface area contributed by atoms with Gasteiger partial charge < -0.3 is 15.0 Å². The van der Waals surface area contributed by atoms with E-state index in [9.17, 15) is 4.57 Å². The average Bonchev–Trinajstić information content (AvgIpc) is 2.96. The summed E-state index contributed by atoms with van der Waals surface area (Å²) in [5, 5.41) is 0. The Kier molecular flexibility index (Phi) is 7.02. The molecule has 2 unspecified atom stereocenters. The summed E-state index contributed by atoms with van der Waals surface area (Å²) < 4.78 is 28.0. The summed E-state index contributed by atoms with van der Waals surface area (Å²) in [6, 6.07) is 0. The summed E-state index contributed by atoms with van der Waals surface area (Å²) in [5.74, 6) is 0.386. The Bertz CT molecular complexity index is 567. The minimum absolute atomic E-state index is 0.193. The molecule has 0 aromatic carbocycles. The van der Waals surface area contributed by atoms with Crippen LogP contribution in [0.3, 0.4) is 0 Å². The van der Waals surface area contributed by atoms with Gasteiger partial charge in [-0.15, -0.1) is 4.67 Å². The van der Waals surface area contributed by atoms with Gasteiger partial charge in [-0.1, -0.05) is 0 Å². The summed E-state index contributed by atoms with van der Waals surface area (Å²) in [6.07, 6.45) is 0.754. The zero-order chi connectivity index (χ0) is 17.6. The Labute approximate surface area is 141 Å². The van der Waals surface area contributed by atoms with Gasteiger partial charge in [0.1, 0.15) is 17.9 Å². The molecular formula is C13H24N5O5P. The molecule has 0 aromatic heterocycles. The van der Waals surface area contributed by atoms with Crippen molar-refractivity contribution in [2.45, 2.75) is 33.0 Å². The molecule has 2 N–H and O–H groups in total. The molecule has 0 saturated carbocycles. The van der Waals surface area contributed by atoms with E-state index in [0.717, 1.165) is 0 Å². The Morgan fingerprint density at radius 1 is 1.46 bits per heavy atom. The van der Waals surface area contributed by atoms with E-state index in [0.29, 0.717) is 24.8 Å². The minimum atomic E-state index is -3.43. The van der Waals surface area contributed by atoms with Gasteiger partial charge in [0, 0.05) is 6.54 Å². The summed E-state index contributed by atoms with van der Waals surface area (Å²) in [5.41, 5.74) is 6.47. The van der Waals surface area contributed by atoms with Crippen molar-refractivity contribution >= 4 is 25.5 Å². The highest BCUT2D eigenvalue weighted by molar-refractivity contribution is 7.53. The van der Waals surface area contributed by atoms with Gasteiger partial charge in [0.2, 0.25) is 0 Å². The van der Waals surface area contributed by atoms with Crippen molar-refractivity contribution < 1.29 is 23.4 Å². The fourth-order valence-corrected chi connectivity index (χ4v) is 3.53. The zero-order valence-electron chi connectivity index (χ0n) is 14.1. The lowest BCUT2D eigenvalue weighted by Gasteiger charge is -2.26. The van der Waals surface area contributed by atoms with Gasteiger partial charge >= 0.3 is 7.60 Å². The molecule has 0 bridgehead atoms. The number of nitrogens with zero attached hydrogens (tertiary/aromatic N) is 4. The van der Waals surface area contributed by atoms with E-state index in [1.165, 1.54) is 6.34 Å². The number of fused-ring (bicyclic) bond motifs is 1. The molecule has 2 heterocycles. The van der Waals surface area contributed by atoms with Crippen LogP contribution in [0.25, 0.3) is 0 Å². The molecule has 0 spiro atoms. The SMILES string of the molecule is CCOOP(=O)(CO[C@@H](C)CN1CN=C2C(N)=NC=NC21)OCC. The molecule has 0 saturated heterocycles. The molecule has 0 aliphatic carbocycles. The maximum absolute atomic E-state index is 12.4. The van der Waals surface area contributed by atoms with Gasteiger partial charge in [0.05, 0.1) is 26.0 Å². The maximum atomic E-state index is 12.4. The van der Waals surface area contributed by atoms with Crippen LogP contribution in [0.15, 0.2) is 15.0 Å². The van der Waals surface area contributed by atoms with Crippen molar-refractivity contribution in [1.29, 1.82) is 0 Å². The summed E-state index contributed by atoms with van der Waals surface area (Å²) >= 11 is 0. The van der Waals surface area contributed by atoms with Crippen LogP contribution in [0.5, 0.6) is 0 Å². The van der Waals surface area contributed by atoms with Crippen molar-refractivity contribution in [3.05, 3.63) is 0 Å². The van der Waals surface area contributed by atoms with Gasteiger partial charge in [-0.25, -0.2) is 14.9 Å². The van der Waals surface area contributed by atoms with E-state index in [2.05, 4.69) is 15.0 Å². The molecule has 11 heteroatoms. The molecule has 2 rings (SSSR count). The fraction of sp³-hybridized carbons (Fsp3) is 0.769. The molecule has 10 nitrogen and oxygen atoms in total. The number of ether oxygens (including phenoxy) is 1. The molecular weight excluding hydrogens is 337 g/mol. The van der Waals surface area contributed by atoms with Crippen LogP contribution in [-0.2, 0) is 23.4 Å². The number of hydrogen-bond acceptors (Lipinski definition) is 10. The van der Waals surface area contributed by atoms with Gasteiger partial charge in [0.15, 0.2) is 12.5 Å². The first kappa shape index (κ1) is 19.2. The Balaban J connectivity index is 1.83. The second-order valence-electron chi connectivity index (χ2n) is 5.22. The van der Waals surface area contributed by atoms with E-state index in [-0.39, 0.29) is 31.8 Å². The van der Waals surface area contributed by atoms with Crippen LogP contribution in [0, 0.1) is 0 Å². The molecule has 0 amide bonds. The Morgan fingerprint density at radius 3 is 2.96 bits per heavy atom. The second-order valence-corrected chi connectivity index (χ2v) is 7.11. The van der Waals surface area contributed by atoms with Crippen molar-refractivity contribution in [2.75, 3.05) is 32.8 Å². The topological polar surface area (TPSA) is 120 Å². The van der Waals surface area contributed by atoms with Crippen molar-refractivity contribution in [3.63, 3.8) is 0 Å². The Morgan fingerprint density at radius 2 is 2.25 bits per heavy atom. The lowest BCUT2D eigenvalue weighted by Crippen LogP contribution is -2.44. The normalized spacial score (nSPS) is 24.2. The van der Waals surface area contributed by atoms with Gasteiger partial charge in [-0.3, -0.25) is 14.5 Å². The largest absolute Gasteiger partial charge is 0.382 e. The predicted octanol–water partition coefficient (Wildman–Crippen LogP) is 0.986. The highest BCUT2D eigenvalue weighted by atomic mass is 31.2. The van der Waals surface area contributed by atoms with E-state index in [4.69, 9.17) is 24.6 Å². The molecule has 24 heavy (non-hydrogen) atoms. The summed E-state index contributed by atoms with van der Waals surface area (Å²) in [7, 11) is -3.43. The van der Waals surface area contributed by atoms with Crippen LogP contribution in [0.2, 0.25) is 0 Å². The highest BCUT2D eigenvalue weighted by Crippen LogP contribution is 2.48. The third-order valence-electron chi connectivity index (χ3n) is 3.30. The zero-order valence-corrected chi connectivity index (χ0v) is 15.0. The minimum Gasteiger partial charge on any atom is -0.382 e. The standard InChI is InChI=1S/C13H24N5O5P/c1-4-21-23-24(19,22-5-2)9-20-10(3)6-18-8-17-11-12(14)15-7-16-13(11)18/h7,10,13H,4-6,8-9H2,1-3H3,(H2,14,15,16)/t10-,13?,24?/m0/s1. The fourth-order valence-electron chi connectivity index (χ4n) is 2.27. The van der Waals surface area contributed by atoms with Crippen LogP contribution >= 0.6 is 7.60 Å². The molecule has 0 radical (unpaired) electrons. The first-order valence-electron chi connectivity index (χ1n) is 7.79. The van der Waals surface area contributed by atoms with Crippen LogP contribution in [0.4, 0.5) is 0 Å². The molecule has 3 atom stereocenters. The van der Waals surface area contributed by atoms with Crippen molar-refractivity contribution in [2.24, 2.45) is 20.7 Å². The predicted molar refractivity (Wildman–Crippen MR) is 90.3 cm³/mol. The first-order chi connectivity index (χ1) is 11.5. The van der Waals surface area contributed by atoms with Crippen LogP contribution in [-0.4, -0.2) is 67.8 Å². The third-order valence-corrected chi connectivity index (χ3v) is 4.75. The quantitative estimate of drug-likeness (QED) is 0.350. The van der Waals surface area contributed by atoms with Gasteiger partial charge in [-0.05, 0) is 20.8 Å². The number of amidine groups is 1. The van der Waals surface area contributed by atoms with Gasteiger partial charge in [0.25, 0.3) is 0 Å². The third kappa shape index (κ3) is 4.92. The monoisotopic (exact) mass is 361 g/mol. The van der Waals surface area contributed by atoms with Crippen molar-refractivity contribution in [3.8, 4) is 0 Å². The first-order valence-corrected chi connectivity index (χ1v) is 9.52. The van der Waals surface area contributed by atoms with E-state index >= 15 is 0 Å². The number of nitrogens with two attached hydrogens (primary N) is 1. The second kappa shape index (κ2) is 8.80. The smallest absolute Gasteiger partial charge is 0.382 e. The lowest BCUT2D eigenvalue weighted by molar-refractivity contribution is -0.213. The van der Waals surface area contributed by atoms with Crippen LogP contribution < -0.4 is 5.73 Å². The average molecular weight is 361 g/mol. The summed E-state index contributed by atoms with van der Waals surface area (Å²) in [6.45, 7) is 6.80. The molecule has 136 valence electrons. The lowest BCUT2D eigenvalue weighted by atomic mass is 10.2. The van der Waals surface area contributed by atoms with E-state index < -0.39 is 7.60 Å². The van der Waals surface area contributed by atoms with Crippen LogP contribution in [0.1, 0.15) is 20.8 Å². The van der Waals surface area contributed by atoms with Crippen molar-refractivity contribution in [1.82, 2.24) is 4.90 Å². The number of rotatable bonds is 10. The maximum Gasteiger partial charge on any atom is 0.382 e. The number of aliphatic imine (C=N–C) groups is 3. The van der Waals surface area contributed by atoms with Gasteiger partial charge in [-0.2, -0.15) is 0 Å². The Hall–Kier alpha value is -1.16. The highest BCUT2D eigenvalue weighted by Gasteiger charge is 2.34. The van der Waals surface area contributed by atoms with E-state index in [1.807, 2.05) is 11.8 Å². The molecule has 0 aromatic rings. The molecule has 2 aliphatic heterocycles. The van der Waals surface area contributed by atoms with E-state index in [1.54, 1.807) is 13.8 Å².